The van der Waals surface area contributed by atoms with Gasteiger partial charge in [0, 0.05) is 25.7 Å². The van der Waals surface area contributed by atoms with E-state index in [-0.39, 0.29) is 25.7 Å². The van der Waals surface area contributed by atoms with Gasteiger partial charge in [0.05, 0.1) is 26.4 Å². The first-order chi connectivity index (χ1) is 45.6. The lowest BCUT2D eigenvalue weighted by Crippen LogP contribution is -2.30. The normalized spacial score (nSPS) is 14.1. The number of unbranched alkanes of at least 4 members (excludes halogenated alkanes) is 39. The van der Waals surface area contributed by atoms with Crippen LogP contribution in [0.5, 0.6) is 0 Å². The molecular formula is C76H148O17P2. The van der Waals surface area contributed by atoms with E-state index >= 15 is 0 Å². The molecule has 0 spiro atoms. The molecule has 0 saturated heterocycles. The molecule has 0 aliphatic carbocycles. The van der Waals surface area contributed by atoms with Crippen molar-refractivity contribution >= 4 is 39.5 Å². The second-order valence-corrected chi connectivity index (χ2v) is 32.2. The third-order valence-electron chi connectivity index (χ3n) is 17.6. The summed E-state index contributed by atoms with van der Waals surface area (Å²) in [5.41, 5.74) is 0. The van der Waals surface area contributed by atoms with Crippen LogP contribution in [-0.4, -0.2) is 96.7 Å². The smallest absolute Gasteiger partial charge is 0.462 e. The number of ether oxygens (including phenoxy) is 4. The monoisotopic (exact) mass is 1400 g/mol. The number of phosphoric ester groups is 2. The van der Waals surface area contributed by atoms with Gasteiger partial charge in [0.25, 0.3) is 0 Å². The Kier molecular flexibility index (Phi) is 64.0. The first-order valence-corrected chi connectivity index (χ1v) is 42.2. The number of phosphoric acid groups is 2. The first kappa shape index (κ1) is 93.1. The van der Waals surface area contributed by atoms with Gasteiger partial charge in [0.1, 0.15) is 19.3 Å². The summed E-state index contributed by atoms with van der Waals surface area (Å²) in [6.07, 6.45) is 50.4. The SMILES string of the molecule is CC(C)CCCCCCCCCCCCCCCCCCCCC(=O)O[C@H](COC(=O)CCCCCCCCCC(C)C)COP(=O)(O)OCC(O)COP(=O)(O)OC[C@@H](COC(=O)CCCCCCCCCCCCCCC(C)C)OC(=O)CCCCCCCCC(C)C. The second kappa shape index (κ2) is 65.4. The predicted octanol–water partition coefficient (Wildman–Crippen LogP) is 22.0. The highest BCUT2D eigenvalue weighted by molar-refractivity contribution is 7.47. The number of carbonyl (C=O) groups excluding carboxylic acids is 4. The molecule has 3 N–H and O–H groups in total. The lowest BCUT2D eigenvalue weighted by molar-refractivity contribution is -0.161. The molecule has 5 atom stereocenters. The van der Waals surface area contributed by atoms with Gasteiger partial charge in [-0.3, -0.25) is 37.3 Å². The van der Waals surface area contributed by atoms with Crippen LogP contribution in [0, 0.1) is 23.7 Å². The maximum Gasteiger partial charge on any atom is 0.472 e. The summed E-state index contributed by atoms with van der Waals surface area (Å²) in [5.74, 6) is 0.850. The number of carbonyl (C=O) groups is 4. The number of hydrogen-bond acceptors (Lipinski definition) is 15. The van der Waals surface area contributed by atoms with Gasteiger partial charge >= 0.3 is 39.5 Å². The minimum Gasteiger partial charge on any atom is -0.462 e. The van der Waals surface area contributed by atoms with Crippen molar-refractivity contribution in [3.8, 4) is 0 Å². The number of rotatable bonds is 73. The van der Waals surface area contributed by atoms with E-state index in [4.69, 9.17) is 37.0 Å². The van der Waals surface area contributed by atoms with Crippen molar-refractivity contribution < 1.29 is 80.2 Å². The summed E-state index contributed by atoms with van der Waals surface area (Å²) in [6, 6.07) is 0. The van der Waals surface area contributed by atoms with E-state index in [1.807, 2.05) is 0 Å². The van der Waals surface area contributed by atoms with Gasteiger partial charge in [0.2, 0.25) is 0 Å². The second-order valence-electron chi connectivity index (χ2n) is 29.3. The van der Waals surface area contributed by atoms with Crippen molar-refractivity contribution in [1.29, 1.82) is 0 Å². The van der Waals surface area contributed by atoms with Gasteiger partial charge in [-0.2, -0.15) is 0 Å². The summed E-state index contributed by atoms with van der Waals surface area (Å²) in [7, 11) is -9.91. The average Bonchev–Trinajstić information content (AvgIpc) is 1.92. The van der Waals surface area contributed by atoms with Crippen molar-refractivity contribution in [2.24, 2.45) is 23.7 Å². The predicted molar refractivity (Wildman–Crippen MR) is 386 cm³/mol. The zero-order valence-electron chi connectivity index (χ0n) is 62.3. The van der Waals surface area contributed by atoms with Crippen molar-refractivity contribution in [3.05, 3.63) is 0 Å². The van der Waals surface area contributed by atoms with Crippen LogP contribution in [0.3, 0.4) is 0 Å². The molecule has 0 aliphatic heterocycles. The lowest BCUT2D eigenvalue weighted by atomic mass is 10.0. The Labute approximate surface area is 581 Å². The number of hydrogen-bond donors (Lipinski definition) is 3. The molecule has 0 aliphatic rings. The summed E-state index contributed by atoms with van der Waals surface area (Å²) in [4.78, 5) is 72.7. The van der Waals surface area contributed by atoms with E-state index in [2.05, 4.69) is 55.4 Å². The van der Waals surface area contributed by atoms with E-state index in [9.17, 15) is 43.2 Å². The Hall–Kier alpha value is -1.94. The van der Waals surface area contributed by atoms with E-state index < -0.39 is 97.5 Å². The molecule has 0 aromatic carbocycles. The first-order valence-electron chi connectivity index (χ1n) is 39.2. The van der Waals surface area contributed by atoms with Gasteiger partial charge in [-0.05, 0) is 49.4 Å². The van der Waals surface area contributed by atoms with Gasteiger partial charge in [-0.15, -0.1) is 0 Å². The Morgan fingerprint density at radius 1 is 0.263 bits per heavy atom. The maximum absolute atomic E-state index is 13.1. The molecule has 0 rings (SSSR count). The van der Waals surface area contributed by atoms with Crippen molar-refractivity contribution in [2.75, 3.05) is 39.6 Å². The molecule has 0 heterocycles. The van der Waals surface area contributed by atoms with Crippen LogP contribution in [0.1, 0.15) is 383 Å². The van der Waals surface area contributed by atoms with Crippen molar-refractivity contribution in [3.63, 3.8) is 0 Å². The summed E-state index contributed by atoms with van der Waals surface area (Å²) >= 11 is 0. The fourth-order valence-electron chi connectivity index (χ4n) is 11.6. The van der Waals surface area contributed by atoms with E-state index in [1.54, 1.807) is 0 Å². The van der Waals surface area contributed by atoms with Gasteiger partial charge < -0.3 is 33.8 Å². The van der Waals surface area contributed by atoms with Crippen LogP contribution >= 0.6 is 15.6 Å². The lowest BCUT2D eigenvalue weighted by Gasteiger charge is -2.21. The quantitative estimate of drug-likeness (QED) is 0.0222. The molecule has 0 aromatic rings. The number of aliphatic hydroxyl groups is 1. The standard InChI is InChI=1S/C76H148O17P2/c1-66(2)52-44-36-28-23-19-15-13-11-9-10-12-14-16-22-26-32-42-50-58-75(80)92-71(62-87-74(79)57-49-41-33-27-30-38-46-54-68(5)6)64-90-94(82,83)88-60-70(77)61-89-95(84,85)91-65-72(93-76(81)59-51-43-35-34-39-47-55-69(7)8)63-86-73(78)56-48-40-31-25-21-18-17-20-24-29-37-45-53-67(3)4/h66-72,77H,9-65H2,1-8H3,(H,82,83)(H,84,85)/t70?,71-,72-/m1/s1. The van der Waals surface area contributed by atoms with Crippen molar-refractivity contribution in [2.45, 2.75) is 401 Å². The Bertz CT molecular complexity index is 1870. The Morgan fingerprint density at radius 2 is 0.442 bits per heavy atom. The largest absolute Gasteiger partial charge is 0.472 e. The van der Waals surface area contributed by atoms with Gasteiger partial charge in [0.15, 0.2) is 12.2 Å². The fraction of sp³-hybridized carbons (Fsp3) is 0.947. The Morgan fingerprint density at radius 3 is 0.653 bits per heavy atom. The molecule has 95 heavy (non-hydrogen) atoms. The van der Waals surface area contributed by atoms with Crippen LogP contribution < -0.4 is 0 Å². The molecule has 0 fully saturated rings. The van der Waals surface area contributed by atoms with Crippen LogP contribution in [0.4, 0.5) is 0 Å². The molecule has 0 amide bonds. The highest BCUT2D eigenvalue weighted by Gasteiger charge is 2.30. The fourth-order valence-corrected chi connectivity index (χ4v) is 13.1. The summed E-state index contributed by atoms with van der Waals surface area (Å²) in [5, 5.41) is 10.6. The number of aliphatic hydroxyl groups excluding tert-OH is 1. The highest BCUT2D eigenvalue weighted by atomic mass is 31.2. The molecule has 0 saturated carbocycles. The van der Waals surface area contributed by atoms with E-state index in [0.717, 1.165) is 108 Å². The van der Waals surface area contributed by atoms with Crippen LogP contribution in [0.2, 0.25) is 0 Å². The van der Waals surface area contributed by atoms with E-state index in [0.29, 0.717) is 37.5 Å². The van der Waals surface area contributed by atoms with Crippen molar-refractivity contribution in [1.82, 2.24) is 0 Å². The summed E-state index contributed by atoms with van der Waals surface area (Å²) < 4.78 is 68.4. The zero-order chi connectivity index (χ0) is 70.3. The van der Waals surface area contributed by atoms with E-state index in [1.165, 1.54) is 180 Å². The highest BCUT2D eigenvalue weighted by Crippen LogP contribution is 2.45. The third-order valence-corrected chi connectivity index (χ3v) is 19.5. The number of esters is 4. The van der Waals surface area contributed by atoms with Gasteiger partial charge in [-0.25, -0.2) is 9.13 Å². The summed E-state index contributed by atoms with van der Waals surface area (Å²) in [6.45, 7) is 14.1. The maximum atomic E-state index is 13.1. The average molecular weight is 1400 g/mol. The van der Waals surface area contributed by atoms with Gasteiger partial charge in [-0.1, -0.05) is 331 Å². The molecule has 17 nitrogen and oxygen atoms in total. The van der Waals surface area contributed by atoms with Crippen LogP contribution in [0.15, 0.2) is 0 Å². The molecule has 0 aromatic heterocycles. The molecule has 564 valence electrons. The molecule has 0 bridgehead atoms. The topological polar surface area (TPSA) is 237 Å². The zero-order valence-corrected chi connectivity index (χ0v) is 64.1. The molecule has 19 heteroatoms. The van der Waals surface area contributed by atoms with Crippen LogP contribution in [-0.2, 0) is 65.4 Å². The minimum absolute atomic E-state index is 0.102. The molecule has 3 unspecified atom stereocenters. The molecule has 0 radical (unpaired) electrons. The third kappa shape index (κ3) is 70.3. The minimum atomic E-state index is -4.96. The molecular weight excluding hydrogens is 1250 g/mol. The van der Waals surface area contributed by atoms with Crippen LogP contribution in [0.25, 0.3) is 0 Å². The Balaban J connectivity index is 5.14.